The minimum Gasteiger partial charge on any atom is -0.493 e. The van der Waals surface area contributed by atoms with Crippen LogP contribution in [0, 0.1) is 0 Å². The predicted molar refractivity (Wildman–Crippen MR) is 124 cm³/mol. The minimum atomic E-state index is -0.376. The zero-order valence-corrected chi connectivity index (χ0v) is 19.0. The molecule has 0 saturated carbocycles. The molecular weight excluding hydrogens is 484 g/mol. The highest BCUT2D eigenvalue weighted by atomic mass is 79.9. The molecule has 3 rings (SSSR count). The van der Waals surface area contributed by atoms with Crippen molar-refractivity contribution in [1.29, 1.82) is 0 Å². The summed E-state index contributed by atoms with van der Waals surface area (Å²) in [6, 6.07) is 12.4. The number of methoxy groups -OCH3 is 1. The zero-order valence-electron chi connectivity index (χ0n) is 16.6. The number of ether oxygens (including phenoxy) is 2. The lowest BCUT2D eigenvalue weighted by molar-refractivity contribution is -0.122. The topological polar surface area (TPSA) is 84.9 Å². The van der Waals surface area contributed by atoms with Gasteiger partial charge in [-0.15, -0.1) is 6.58 Å². The van der Waals surface area contributed by atoms with E-state index in [4.69, 9.17) is 9.47 Å². The van der Waals surface area contributed by atoms with Crippen LogP contribution in [0.5, 0.6) is 11.5 Å². The highest BCUT2D eigenvalue weighted by Crippen LogP contribution is 2.38. The summed E-state index contributed by atoms with van der Waals surface area (Å²) in [7, 11) is 1.47. The van der Waals surface area contributed by atoms with E-state index in [1.165, 1.54) is 13.2 Å². The van der Waals surface area contributed by atoms with Crippen LogP contribution < -0.4 is 14.8 Å². The molecule has 1 N–H and O–H groups in total. The Morgan fingerprint density at radius 2 is 1.97 bits per heavy atom. The fourth-order valence-corrected chi connectivity index (χ4v) is 4.00. The molecule has 1 aliphatic heterocycles. The Labute approximate surface area is 192 Å². The number of para-hydroxylation sites is 1. The van der Waals surface area contributed by atoms with Gasteiger partial charge in [0.2, 0.25) is 0 Å². The Bertz CT molecular complexity index is 1060. The molecule has 0 atom stereocenters. The highest BCUT2D eigenvalue weighted by molar-refractivity contribution is 9.10. The predicted octanol–water partition coefficient (Wildman–Crippen LogP) is 4.70. The third kappa shape index (κ3) is 5.56. The Morgan fingerprint density at radius 1 is 1.23 bits per heavy atom. The van der Waals surface area contributed by atoms with E-state index in [9.17, 15) is 14.4 Å². The van der Waals surface area contributed by atoms with Crippen molar-refractivity contribution in [3.05, 3.63) is 70.1 Å². The zero-order chi connectivity index (χ0) is 22.4. The van der Waals surface area contributed by atoms with Gasteiger partial charge in [-0.3, -0.25) is 19.3 Å². The summed E-state index contributed by atoms with van der Waals surface area (Å²) >= 11 is 4.31. The van der Waals surface area contributed by atoms with Crippen molar-refractivity contribution in [2.24, 2.45) is 0 Å². The van der Waals surface area contributed by atoms with Crippen LogP contribution >= 0.6 is 27.7 Å². The van der Waals surface area contributed by atoms with Gasteiger partial charge in [0.05, 0.1) is 12.0 Å². The maximum absolute atomic E-state index is 12.4. The second-order valence-corrected chi connectivity index (χ2v) is 8.16. The summed E-state index contributed by atoms with van der Waals surface area (Å²) in [4.78, 5) is 38.0. The van der Waals surface area contributed by atoms with Gasteiger partial charge in [-0.2, -0.15) is 0 Å². The van der Waals surface area contributed by atoms with E-state index < -0.39 is 0 Å². The van der Waals surface area contributed by atoms with Gasteiger partial charge >= 0.3 is 0 Å². The summed E-state index contributed by atoms with van der Waals surface area (Å²) < 4.78 is 11.6. The summed E-state index contributed by atoms with van der Waals surface area (Å²) in [6.45, 7) is 3.51. The number of imide groups is 1. The van der Waals surface area contributed by atoms with Gasteiger partial charge in [-0.25, -0.2) is 0 Å². The molecule has 2 aromatic carbocycles. The van der Waals surface area contributed by atoms with Gasteiger partial charge in [0.1, 0.15) is 0 Å². The fourth-order valence-electron chi connectivity index (χ4n) is 2.72. The van der Waals surface area contributed by atoms with E-state index in [0.717, 1.165) is 16.7 Å². The molecule has 0 spiro atoms. The third-order valence-corrected chi connectivity index (χ3v) is 5.77. The number of nitrogens with one attached hydrogen (secondary N) is 1. The SMILES string of the molecule is C=CCN1C(=O)S/C(=C/c2cc(OC)c(OCC(=O)Nc3ccccc3)cc2Br)C1=O. The number of carbonyl (C=O) groups is 3. The molecule has 9 heteroatoms. The molecule has 0 unspecified atom stereocenters. The first-order valence-electron chi connectivity index (χ1n) is 9.14. The molecule has 0 radical (unpaired) electrons. The molecule has 31 heavy (non-hydrogen) atoms. The molecular formula is C22H19BrN2O5S. The smallest absolute Gasteiger partial charge is 0.293 e. The lowest BCUT2D eigenvalue weighted by atomic mass is 10.2. The molecule has 0 aromatic heterocycles. The average Bonchev–Trinajstić information content (AvgIpc) is 3.02. The Morgan fingerprint density at radius 3 is 2.65 bits per heavy atom. The number of carbonyl (C=O) groups excluding carboxylic acids is 3. The summed E-state index contributed by atoms with van der Waals surface area (Å²) in [5, 5.41) is 2.39. The van der Waals surface area contributed by atoms with Crippen LogP contribution in [0.1, 0.15) is 5.56 Å². The van der Waals surface area contributed by atoms with Crippen LogP contribution in [0.4, 0.5) is 10.5 Å². The quantitative estimate of drug-likeness (QED) is 0.416. The number of rotatable bonds is 8. The number of benzene rings is 2. The van der Waals surface area contributed by atoms with Crippen LogP contribution in [-0.4, -0.2) is 42.2 Å². The first kappa shape index (κ1) is 22.6. The van der Waals surface area contributed by atoms with Crippen molar-refractivity contribution in [2.45, 2.75) is 0 Å². The molecule has 1 heterocycles. The number of thioether (sulfide) groups is 1. The van der Waals surface area contributed by atoms with Gasteiger partial charge in [-0.1, -0.05) is 40.2 Å². The molecule has 0 aliphatic carbocycles. The maximum Gasteiger partial charge on any atom is 0.293 e. The highest BCUT2D eigenvalue weighted by Gasteiger charge is 2.34. The number of anilines is 1. The van der Waals surface area contributed by atoms with Gasteiger partial charge in [-0.05, 0) is 47.7 Å². The Kier molecular flexibility index (Phi) is 7.54. The lowest BCUT2D eigenvalue weighted by Crippen LogP contribution is -2.27. The normalized spacial score (nSPS) is 14.6. The van der Waals surface area contributed by atoms with Crippen LogP contribution in [-0.2, 0) is 9.59 Å². The summed E-state index contributed by atoms with van der Waals surface area (Å²) in [6.07, 6.45) is 3.10. The Balaban J connectivity index is 1.74. The summed E-state index contributed by atoms with van der Waals surface area (Å²) in [5.41, 5.74) is 1.30. The van der Waals surface area contributed by atoms with Crippen molar-refractivity contribution >= 4 is 56.5 Å². The van der Waals surface area contributed by atoms with E-state index in [-0.39, 0.29) is 30.2 Å². The van der Waals surface area contributed by atoms with E-state index in [1.807, 2.05) is 18.2 Å². The average molecular weight is 503 g/mol. The van der Waals surface area contributed by atoms with Gasteiger partial charge < -0.3 is 14.8 Å². The molecule has 1 fully saturated rings. The van der Waals surface area contributed by atoms with Crippen molar-refractivity contribution in [1.82, 2.24) is 4.90 Å². The second kappa shape index (κ2) is 10.3. The number of hydrogen-bond donors (Lipinski definition) is 1. The van der Waals surface area contributed by atoms with Gasteiger partial charge in [0, 0.05) is 16.7 Å². The molecule has 0 bridgehead atoms. The van der Waals surface area contributed by atoms with Crippen molar-refractivity contribution in [3.63, 3.8) is 0 Å². The van der Waals surface area contributed by atoms with E-state index in [1.54, 1.807) is 30.3 Å². The lowest BCUT2D eigenvalue weighted by Gasteiger charge is -2.13. The van der Waals surface area contributed by atoms with Crippen molar-refractivity contribution in [3.8, 4) is 11.5 Å². The number of halogens is 1. The van der Waals surface area contributed by atoms with Gasteiger partial charge in [0.25, 0.3) is 17.1 Å². The molecule has 1 saturated heterocycles. The monoisotopic (exact) mass is 502 g/mol. The minimum absolute atomic E-state index is 0.157. The van der Waals surface area contributed by atoms with Crippen molar-refractivity contribution < 1.29 is 23.9 Å². The molecule has 1 aliphatic rings. The Hall–Kier alpha value is -3.04. The van der Waals surface area contributed by atoms with Crippen LogP contribution in [0.3, 0.4) is 0 Å². The third-order valence-electron chi connectivity index (χ3n) is 4.17. The fraction of sp³-hybridized carbons (Fsp3) is 0.136. The number of amides is 3. The first-order chi connectivity index (χ1) is 14.9. The summed E-state index contributed by atoms with van der Waals surface area (Å²) in [5.74, 6) is 0.0461. The first-order valence-corrected chi connectivity index (χ1v) is 10.8. The standard InChI is InChI=1S/C22H19BrN2O5S/c1-3-9-25-21(27)19(31-22(25)28)11-14-10-17(29-2)18(12-16(14)23)30-13-20(26)24-15-7-5-4-6-8-15/h3-8,10-12H,1,9,13H2,2H3,(H,24,26)/b19-11+. The van der Waals surface area contributed by atoms with Crippen molar-refractivity contribution in [2.75, 3.05) is 25.6 Å². The van der Waals surface area contributed by atoms with Crippen LogP contribution in [0.15, 0.2) is 64.5 Å². The van der Waals surface area contributed by atoms with Gasteiger partial charge in [0.15, 0.2) is 18.1 Å². The molecule has 2 aromatic rings. The maximum atomic E-state index is 12.4. The molecule has 7 nitrogen and oxygen atoms in total. The molecule has 3 amide bonds. The largest absolute Gasteiger partial charge is 0.493 e. The number of nitrogens with zero attached hydrogens (tertiary/aromatic N) is 1. The van der Waals surface area contributed by atoms with Crippen LogP contribution in [0.2, 0.25) is 0 Å². The van der Waals surface area contributed by atoms with E-state index in [0.29, 0.717) is 32.1 Å². The van der Waals surface area contributed by atoms with E-state index >= 15 is 0 Å². The van der Waals surface area contributed by atoms with E-state index in [2.05, 4.69) is 27.8 Å². The van der Waals surface area contributed by atoms with Crippen LogP contribution in [0.25, 0.3) is 6.08 Å². The molecule has 160 valence electrons. The second-order valence-electron chi connectivity index (χ2n) is 6.31. The number of hydrogen-bond acceptors (Lipinski definition) is 6.